The van der Waals surface area contributed by atoms with Gasteiger partial charge in [-0.1, -0.05) is 11.6 Å². The molecule has 1 N–H and O–H groups in total. The van der Waals surface area contributed by atoms with Crippen LogP contribution in [0.25, 0.3) is 10.9 Å². The summed E-state index contributed by atoms with van der Waals surface area (Å²) in [7, 11) is 0. The number of rotatable bonds is 0. The molecule has 0 amide bonds. The first-order chi connectivity index (χ1) is 10.7. The van der Waals surface area contributed by atoms with E-state index >= 15 is 0 Å². The van der Waals surface area contributed by atoms with Gasteiger partial charge in [-0.05, 0) is 24.4 Å². The number of fused-ring (bicyclic) bond motifs is 5. The van der Waals surface area contributed by atoms with Gasteiger partial charge in [-0.25, -0.2) is 9.97 Å². The van der Waals surface area contributed by atoms with E-state index in [-0.39, 0.29) is 11.3 Å². The molecule has 0 saturated carbocycles. The van der Waals surface area contributed by atoms with Gasteiger partial charge in [0, 0.05) is 24.7 Å². The van der Waals surface area contributed by atoms with Crippen molar-refractivity contribution in [3.63, 3.8) is 0 Å². The molecule has 3 aliphatic rings. The summed E-state index contributed by atoms with van der Waals surface area (Å²) in [6.45, 7) is 1.45. The van der Waals surface area contributed by atoms with Gasteiger partial charge < -0.3 is 15.0 Å². The van der Waals surface area contributed by atoms with Gasteiger partial charge in [0.05, 0.1) is 11.6 Å². The molecule has 0 aliphatic carbocycles. The van der Waals surface area contributed by atoms with Gasteiger partial charge in [0.1, 0.15) is 23.0 Å². The van der Waals surface area contributed by atoms with Crippen LogP contribution >= 0.6 is 23.2 Å². The Labute approximate surface area is 136 Å². The van der Waals surface area contributed by atoms with Gasteiger partial charge in [0.2, 0.25) is 11.2 Å². The normalized spacial score (nSPS) is 29.2. The molecule has 0 spiro atoms. The molecular formula is C14H13Cl2N5O. The Morgan fingerprint density at radius 1 is 1.23 bits per heavy atom. The first-order valence-electron chi connectivity index (χ1n) is 7.38. The quantitative estimate of drug-likeness (QED) is 0.586. The number of nitrogens with one attached hydrogen (secondary N) is 1. The third kappa shape index (κ3) is 1.81. The number of halogens is 2. The van der Waals surface area contributed by atoms with Crippen LogP contribution < -0.4 is 15.0 Å². The van der Waals surface area contributed by atoms with E-state index in [2.05, 4.69) is 25.2 Å². The predicted octanol–water partition coefficient (Wildman–Crippen LogP) is 2.03. The van der Waals surface area contributed by atoms with Crippen molar-refractivity contribution in [1.82, 2.24) is 20.3 Å². The van der Waals surface area contributed by atoms with Crippen molar-refractivity contribution in [2.24, 2.45) is 0 Å². The summed E-state index contributed by atoms with van der Waals surface area (Å²) in [4.78, 5) is 15.4. The lowest BCUT2D eigenvalue weighted by Gasteiger charge is -2.40. The Bertz CT molecular complexity index is 780. The van der Waals surface area contributed by atoms with Crippen LogP contribution in [0.15, 0.2) is 6.07 Å². The number of pyridine rings is 1. The largest absolute Gasteiger partial charge is 0.475 e. The summed E-state index contributed by atoms with van der Waals surface area (Å²) in [6.07, 6.45) is 2.34. The van der Waals surface area contributed by atoms with E-state index in [0.29, 0.717) is 35.2 Å². The molecule has 1 unspecified atom stereocenters. The van der Waals surface area contributed by atoms with Crippen LogP contribution in [-0.4, -0.2) is 46.2 Å². The summed E-state index contributed by atoms with van der Waals surface area (Å²) < 4.78 is 5.96. The molecule has 0 radical (unpaired) electrons. The van der Waals surface area contributed by atoms with Gasteiger partial charge in [-0.3, -0.25) is 0 Å². The number of nitrogens with zero attached hydrogens (tertiary/aromatic N) is 4. The van der Waals surface area contributed by atoms with E-state index in [4.69, 9.17) is 27.9 Å². The highest BCUT2D eigenvalue weighted by Gasteiger charge is 2.43. The third-order valence-electron chi connectivity index (χ3n) is 4.79. The van der Waals surface area contributed by atoms with Crippen molar-refractivity contribution in [2.45, 2.75) is 31.0 Å². The van der Waals surface area contributed by atoms with Gasteiger partial charge in [0.15, 0.2) is 0 Å². The minimum absolute atomic E-state index is 0.223. The summed E-state index contributed by atoms with van der Waals surface area (Å²) in [5.74, 6) is 1.31. The summed E-state index contributed by atoms with van der Waals surface area (Å²) >= 11 is 12.2. The van der Waals surface area contributed by atoms with Crippen LogP contribution in [0.1, 0.15) is 12.8 Å². The van der Waals surface area contributed by atoms with Crippen molar-refractivity contribution < 1.29 is 4.74 Å². The highest BCUT2D eigenvalue weighted by molar-refractivity contribution is 6.31. The number of hydrogen-bond donors (Lipinski definition) is 1. The summed E-state index contributed by atoms with van der Waals surface area (Å²) in [5, 5.41) is 5.03. The van der Waals surface area contributed by atoms with Crippen LogP contribution in [0.4, 0.5) is 5.82 Å². The highest BCUT2D eigenvalue weighted by atomic mass is 35.5. The Morgan fingerprint density at radius 2 is 2.14 bits per heavy atom. The lowest BCUT2D eigenvalue weighted by Crippen LogP contribution is -2.60. The molecule has 3 atom stereocenters. The van der Waals surface area contributed by atoms with Crippen LogP contribution in [0.5, 0.6) is 5.88 Å². The highest BCUT2D eigenvalue weighted by Crippen LogP contribution is 2.40. The minimum Gasteiger partial charge on any atom is -0.475 e. The lowest BCUT2D eigenvalue weighted by molar-refractivity contribution is 0.238. The Hall–Kier alpha value is -1.37. The van der Waals surface area contributed by atoms with E-state index in [9.17, 15) is 0 Å². The number of ether oxygens (including phenoxy) is 1. The second kappa shape index (κ2) is 4.57. The van der Waals surface area contributed by atoms with Crippen molar-refractivity contribution in [3.05, 3.63) is 16.5 Å². The molecule has 2 aromatic rings. The number of hydrogen-bond acceptors (Lipinski definition) is 6. The number of aromatic nitrogens is 3. The maximum atomic E-state index is 6.14. The van der Waals surface area contributed by atoms with Gasteiger partial charge >= 0.3 is 0 Å². The standard InChI is InChI=1S/C14H13Cl2N5O/c15-10-3-8-11-12(20-14(16)18-8)21-4-6-1-2-7(17-6)9(21)5-22-13(11)19-10/h3,6-7,9,17H,1-2,4-5H2/t6-,7+,9?/m0/s1. The Balaban J connectivity index is 1.77. The molecule has 3 aliphatic heterocycles. The molecule has 114 valence electrons. The van der Waals surface area contributed by atoms with E-state index < -0.39 is 0 Å². The zero-order chi connectivity index (χ0) is 14.8. The Morgan fingerprint density at radius 3 is 3.05 bits per heavy atom. The molecule has 22 heavy (non-hydrogen) atoms. The summed E-state index contributed by atoms with van der Waals surface area (Å²) in [5.41, 5.74) is 0.677. The van der Waals surface area contributed by atoms with Crippen LogP contribution in [-0.2, 0) is 0 Å². The first kappa shape index (κ1) is 13.1. The molecule has 2 aromatic heterocycles. The zero-order valence-electron chi connectivity index (χ0n) is 11.6. The van der Waals surface area contributed by atoms with Crippen LogP contribution in [0.2, 0.25) is 10.4 Å². The topological polar surface area (TPSA) is 63.2 Å². The maximum Gasteiger partial charge on any atom is 0.228 e. The molecular weight excluding hydrogens is 325 g/mol. The predicted molar refractivity (Wildman–Crippen MR) is 83.9 cm³/mol. The fourth-order valence-corrected chi connectivity index (χ4v) is 4.21. The van der Waals surface area contributed by atoms with Gasteiger partial charge in [-0.2, -0.15) is 4.98 Å². The monoisotopic (exact) mass is 337 g/mol. The molecule has 8 heteroatoms. The molecule has 6 nitrogen and oxygen atoms in total. The summed E-state index contributed by atoms with van der Waals surface area (Å²) in [6, 6.07) is 2.83. The van der Waals surface area contributed by atoms with Crippen LogP contribution in [0.3, 0.4) is 0 Å². The smallest absolute Gasteiger partial charge is 0.228 e. The fourth-order valence-electron chi connectivity index (χ4n) is 3.86. The van der Waals surface area contributed by atoms with Crippen molar-refractivity contribution >= 4 is 39.9 Å². The number of piperazine rings is 1. The first-order valence-corrected chi connectivity index (χ1v) is 8.14. The second-order valence-corrected chi connectivity index (χ2v) is 6.76. The fraction of sp³-hybridized carbons (Fsp3) is 0.500. The van der Waals surface area contributed by atoms with Gasteiger partial charge in [-0.15, -0.1) is 0 Å². The van der Waals surface area contributed by atoms with E-state index in [0.717, 1.165) is 24.2 Å². The van der Waals surface area contributed by atoms with E-state index in [1.165, 1.54) is 6.42 Å². The SMILES string of the molecule is Clc1cc2nc(Cl)nc3c2c(n1)OCC1[C@H]2CC[C@@H](CN31)N2. The minimum atomic E-state index is 0.223. The molecule has 2 fully saturated rings. The Kier molecular flexibility index (Phi) is 2.72. The molecule has 2 bridgehead atoms. The molecule has 5 rings (SSSR count). The van der Waals surface area contributed by atoms with Crippen molar-refractivity contribution in [1.29, 1.82) is 0 Å². The third-order valence-corrected chi connectivity index (χ3v) is 5.15. The average molecular weight is 338 g/mol. The lowest BCUT2D eigenvalue weighted by atomic mass is 10.1. The second-order valence-electron chi connectivity index (χ2n) is 6.04. The van der Waals surface area contributed by atoms with Crippen LogP contribution in [0, 0.1) is 0 Å². The van der Waals surface area contributed by atoms with E-state index in [1.807, 2.05) is 0 Å². The molecule has 0 aromatic carbocycles. The maximum absolute atomic E-state index is 6.14. The van der Waals surface area contributed by atoms with Gasteiger partial charge in [0.25, 0.3) is 0 Å². The molecule has 5 heterocycles. The average Bonchev–Trinajstić information content (AvgIpc) is 2.79. The van der Waals surface area contributed by atoms with Crippen molar-refractivity contribution in [3.8, 4) is 5.88 Å². The van der Waals surface area contributed by atoms with E-state index in [1.54, 1.807) is 6.07 Å². The van der Waals surface area contributed by atoms with Crippen molar-refractivity contribution in [2.75, 3.05) is 18.1 Å². The molecule has 2 saturated heterocycles. The zero-order valence-corrected chi connectivity index (χ0v) is 13.1. The number of anilines is 1.